The van der Waals surface area contributed by atoms with Crippen LogP contribution in [0.2, 0.25) is 0 Å². The number of benzene rings is 1. The molecule has 1 fully saturated rings. The molecule has 1 amide bonds. The van der Waals surface area contributed by atoms with Gasteiger partial charge in [0.1, 0.15) is 4.60 Å². The van der Waals surface area contributed by atoms with Crippen LogP contribution in [0.5, 0.6) is 0 Å². The number of morpholine rings is 1. The van der Waals surface area contributed by atoms with Gasteiger partial charge in [-0.1, -0.05) is 12.1 Å². The molecule has 4 rings (SSSR count). The van der Waals surface area contributed by atoms with Gasteiger partial charge in [-0.25, -0.2) is 4.98 Å². The summed E-state index contributed by atoms with van der Waals surface area (Å²) in [6.07, 6.45) is 5.39. The van der Waals surface area contributed by atoms with Crippen LogP contribution in [0, 0.1) is 0 Å². The first-order chi connectivity index (χ1) is 11.7. The fourth-order valence-electron chi connectivity index (χ4n) is 2.74. The van der Waals surface area contributed by atoms with E-state index in [1.54, 1.807) is 12.4 Å². The zero-order valence-electron chi connectivity index (χ0n) is 12.9. The molecular formula is C17H15BrN4O2. The molecule has 1 aliphatic heterocycles. The zero-order valence-corrected chi connectivity index (χ0v) is 14.4. The molecule has 3 aromatic rings. The minimum absolute atomic E-state index is 0.0469. The first-order valence-corrected chi connectivity index (χ1v) is 8.48. The summed E-state index contributed by atoms with van der Waals surface area (Å²) in [6.45, 7) is 2.50. The number of halogens is 1. The average Bonchev–Trinajstić information content (AvgIpc) is 3.02. The van der Waals surface area contributed by atoms with Gasteiger partial charge in [-0.05, 0) is 28.1 Å². The number of imidazole rings is 1. The van der Waals surface area contributed by atoms with Gasteiger partial charge >= 0.3 is 0 Å². The number of rotatable bonds is 2. The van der Waals surface area contributed by atoms with Gasteiger partial charge in [-0.15, -0.1) is 0 Å². The van der Waals surface area contributed by atoms with Gasteiger partial charge in [0.15, 0.2) is 5.65 Å². The summed E-state index contributed by atoms with van der Waals surface area (Å²) in [5.74, 6) is 0.0469. The first kappa shape index (κ1) is 15.3. The van der Waals surface area contributed by atoms with Crippen molar-refractivity contribution >= 4 is 27.5 Å². The van der Waals surface area contributed by atoms with Crippen LogP contribution in [0.15, 0.2) is 47.5 Å². The SMILES string of the molecule is O=C(c1ccc(-c2cn3c(Br)cnc3cn2)cc1)N1CCOCC1. The van der Waals surface area contributed by atoms with E-state index in [-0.39, 0.29) is 5.91 Å². The second-order valence-electron chi connectivity index (χ2n) is 5.56. The molecule has 0 N–H and O–H groups in total. The van der Waals surface area contributed by atoms with E-state index in [1.807, 2.05) is 39.8 Å². The van der Waals surface area contributed by atoms with Gasteiger partial charge in [0, 0.05) is 30.4 Å². The monoisotopic (exact) mass is 386 g/mol. The number of hydrogen-bond acceptors (Lipinski definition) is 4. The van der Waals surface area contributed by atoms with Crippen LogP contribution in [0.1, 0.15) is 10.4 Å². The Bertz CT molecular complexity index is 885. The van der Waals surface area contributed by atoms with Crippen molar-refractivity contribution in [2.75, 3.05) is 26.3 Å². The maximum Gasteiger partial charge on any atom is 0.254 e. The lowest BCUT2D eigenvalue weighted by atomic mass is 10.1. The maximum atomic E-state index is 12.5. The number of nitrogens with zero attached hydrogens (tertiary/aromatic N) is 4. The number of fused-ring (bicyclic) bond motifs is 1. The predicted molar refractivity (Wildman–Crippen MR) is 92.8 cm³/mol. The van der Waals surface area contributed by atoms with Crippen molar-refractivity contribution in [2.45, 2.75) is 0 Å². The molecule has 0 saturated carbocycles. The van der Waals surface area contributed by atoms with Crippen LogP contribution in [0.4, 0.5) is 0 Å². The predicted octanol–water partition coefficient (Wildman–Crippen LogP) is 2.63. The molecule has 1 aliphatic rings. The molecule has 122 valence electrons. The van der Waals surface area contributed by atoms with Crippen molar-refractivity contribution in [3.8, 4) is 11.3 Å². The Kier molecular flexibility index (Phi) is 4.03. The Morgan fingerprint density at radius 2 is 1.83 bits per heavy atom. The van der Waals surface area contributed by atoms with E-state index in [0.717, 1.165) is 21.5 Å². The van der Waals surface area contributed by atoms with E-state index < -0.39 is 0 Å². The normalized spacial score (nSPS) is 15.0. The van der Waals surface area contributed by atoms with E-state index in [2.05, 4.69) is 25.9 Å². The van der Waals surface area contributed by atoms with Crippen molar-refractivity contribution in [2.24, 2.45) is 0 Å². The lowest BCUT2D eigenvalue weighted by molar-refractivity contribution is 0.0303. The highest BCUT2D eigenvalue weighted by Crippen LogP contribution is 2.21. The van der Waals surface area contributed by atoms with Crippen molar-refractivity contribution in [3.63, 3.8) is 0 Å². The Labute approximate surface area is 147 Å². The fraction of sp³-hybridized carbons (Fsp3) is 0.235. The van der Waals surface area contributed by atoms with Crippen LogP contribution < -0.4 is 0 Å². The topological polar surface area (TPSA) is 59.7 Å². The molecule has 7 heteroatoms. The summed E-state index contributed by atoms with van der Waals surface area (Å²) in [5.41, 5.74) is 3.25. The number of hydrogen-bond donors (Lipinski definition) is 0. The standard InChI is InChI=1S/C17H15BrN4O2/c18-15-9-20-16-10-19-14(11-22(15)16)12-1-3-13(4-2-12)17(23)21-5-7-24-8-6-21/h1-4,9-11H,5-8H2. The van der Waals surface area contributed by atoms with Gasteiger partial charge in [0.2, 0.25) is 0 Å². The highest BCUT2D eigenvalue weighted by atomic mass is 79.9. The molecule has 1 aromatic carbocycles. The van der Waals surface area contributed by atoms with Gasteiger partial charge < -0.3 is 9.64 Å². The van der Waals surface area contributed by atoms with Gasteiger partial charge in [-0.2, -0.15) is 0 Å². The molecule has 24 heavy (non-hydrogen) atoms. The Hall–Kier alpha value is -2.25. The Morgan fingerprint density at radius 3 is 2.58 bits per heavy atom. The van der Waals surface area contributed by atoms with Crippen molar-refractivity contribution < 1.29 is 9.53 Å². The van der Waals surface area contributed by atoms with Gasteiger partial charge in [-0.3, -0.25) is 14.2 Å². The largest absolute Gasteiger partial charge is 0.378 e. The Balaban J connectivity index is 1.60. The van der Waals surface area contributed by atoms with E-state index in [0.29, 0.717) is 31.9 Å². The van der Waals surface area contributed by atoms with Crippen LogP contribution in [-0.4, -0.2) is 51.5 Å². The smallest absolute Gasteiger partial charge is 0.254 e. The molecule has 0 aliphatic carbocycles. The number of amides is 1. The second kappa shape index (κ2) is 6.33. The van der Waals surface area contributed by atoms with E-state index in [4.69, 9.17) is 4.74 Å². The molecule has 0 radical (unpaired) electrons. The van der Waals surface area contributed by atoms with Gasteiger partial charge in [0.25, 0.3) is 5.91 Å². The van der Waals surface area contributed by atoms with Crippen LogP contribution in [0.3, 0.4) is 0 Å². The van der Waals surface area contributed by atoms with Crippen molar-refractivity contribution in [1.82, 2.24) is 19.3 Å². The first-order valence-electron chi connectivity index (χ1n) is 7.68. The highest BCUT2D eigenvalue weighted by molar-refractivity contribution is 9.10. The summed E-state index contributed by atoms with van der Waals surface area (Å²) < 4.78 is 8.09. The molecule has 1 saturated heterocycles. The number of aromatic nitrogens is 3. The van der Waals surface area contributed by atoms with E-state index in [9.17, 15) is 4.79 Å². The second-order valence-corrected chi connectivity index (χ2v) is 6.38. The minimum Gasteiger partial charge on any atom is -0.378 e. The fourth-order valence-corrected chi connectivity index (χ4v) is 3.13. The molecule has 3 heterocycles. The summed E-state index contributed by atoms with van der Waals surface area (Å²) in [7, 11) is 0. The van der Waals surface area contributed by atoms with Crippen LogP contribution >= 0.6 is 15.9 Å². The van der Waals surface area contributed by atoms with Crippen LogP contribution in [-0.2, 0) is 4.74 Å². The number of carbonyl (C=O) groups is 1. The third-order valence-electron chi connectivity index (χ3n) is 4.08. The lowest BCUT2D eigenvalue weighted by Crippen LogP contribution is -2.40. The number of ether oxygens (including phenoxy) is 1. The van der Waals surface area contributed by atoms with Crippen molar-refractivity contribution in [3.05, 3.63) is 53.0 Å². The van der Waals surface area contributed by atoms with E-state index in [1.165, 1.54) is 0 Å². The molecule has 0 spiro atoms. The number of carbonyl (C=O) groups excluding carboxylic acids is 1. The van der Waals surface area contributed by atoms with E-state index >= 15 is 0 Å². The maximum absolute atomic E-state index is 12.5. The summed E-state index contributed by atoms with van der Waals surface area (Å²) in [5, 5.41) is 0. The molecular weight excluding hydrogens is 372 g/mol. The molecule has 0 unspecified atom stereocenters. The molecule has 0 atom stereocenters. The molecule has 6 nitrogen and oxygen atoms in total. The summed E-state index contributed by atoms with van der Waals surface area (Å²) in [4.78, 5) is 23.0. The summed E-state index contributed by atoms with van der Waals surface area (Å²) in [6, 6.07) is 7.54. The third-order valence-corrected chi connectivity index (χ3v) is 4.66. The molecule has 0 bridgehead atoms. The quantitative estimate of drug-likeness (QED) is 0.679. The Morgan fingerprint density at radius 1 is 1.08 bits per heavy atom. The van der Waals surface area contributed by atoms with Crippen LogP contribution in [0.25, 0.3) is 16.9 Å². The van der Waals surface area contributed by atoms with Crippen molar-refractivity contribution in [1.29, 1.82) is 0 Å². The van der Waals surface area contributed by atoms with Gasteiger partial charge in [0.05, 0.1) is 31.3 Å². The minimum atomic E-state index is 0.0469. The molecule has 2 aromatic heterocycles. The average molecular weight is 387 g/mol. The highest BCUT2D eigenvalue weighted by Gasteiger charge is 2.18. The zero-order chi connectivity index (χ0) is 16.5. The third kappa shape index (κ3) is 2.81. The summed E-state index contributed by atoms with van der Waals surface area (Å²) >= 11 is 3.46. The lowest BCUT2D eigenvalue weighted by Gasteiger charge is -2.26.